The van der Waals surface area contributed by atoms with Gasteiger partial charge in [-0.15, -0.1) is 0 Å². The molecule has 1 amide bonds. The number of halogens is 1. The molecule has 0 aliphatic heterocycles. The van der Waals surface area contributed by atoms with Gasteiger partial charge in [-0.1, -0.05) is 42.5 Å². The highest BCUT2D eigenvalue weighted by molar-refractivity contribution is 5.97. The number of rotatable bonds is 7. The number of anilines is 1. The second kappa shape index (κ2) is 9.89. The zero-order valence-corrected chi connectivity index (χ0v) is 17.6. The van der Waals surface area contributed by atoms with Gasteiger partial charge in [-0.2, -0.15) is 0 Å². The Morgan fingerprint density at radius 2 is 1.61 bits per heavy atom. The van der Waals surface area contributed by atoms with Gasteiger partial charge in [0.1, 0.15) is 11.6 Å². The van der Waals surface area contributed by atoms with Crippen LogP contribution in [0.4, 0.5) is 10.1 Å². The van der Waals surface area contributed by atoms with E-state index in [2.05, 4.69) is 5.32 Å². The van der Waals surface area contributed by atoms with Crippen LogP contribution in [0.5, 0.6) is 5.75 Å². The SMILES string of the molecule is Cc1ccc(C)c(NC(=O)[C@@H](OC(=O)[C@H](C)Oc2ccc(F)cc2)c2ccccc2)c1. The van der Waals surface area contributed by atoms with Crippen LogP contribution in [-0.2, 0) is 14.3 Å². The standard InChI is InChI=1S/C25H24FNO4/c1-16-9-10-17(2)22(15-16)27-24(28)23(19-7-5-4-6-8-19)31-25(29)18(3)30-21-13-11-20(26)12-14-21/h4-15,18,23H,1-3H3,(H,27,28)/t18-,23-/m0/s1. The molecule has 0 heterocycles. The average molecular weight is 421 g/mol. The van der Waals surface area contributed by atoms with E-state index in [0.717, 1.165) is 11.1 Å². The molecular formula is C25H24FNO4. The van der Waals surface area contributed by atoms with Crippen molar-refractivity contribution in [2.75, 3.05) is 5.32 Å². The molecule has 0 bridgehead atoms. The first kappa shape index (κ1) is 22.0. The van der Waals surface area contributed by atoms with Crippen molar-refractivity contribution < 1.29 is 23.5 Å². The summed E-state index contributed by atoms with van der Waals surface area (Å²) in [7, 11) is 0. The smallest absolute Gasteiger partial charge is 0.348 e. The van der Waals surface area contributed by atoms with E-state index in [-0.39, 0.29) is 0 Å². The second-order valence-corrected chi connectivity index (χ2v) is 7.25. The van der Waals surface area contributed by atoms with Crippen molar-refractivity contribution in [3.63, 3.8) is 0 Å². The molecule has 31 heavy (non-hydrogen) atoms. The van der Waals surface area contributed by atoms with Gasteiger partial charge < -0.3 is 14.8 Å². The van der Waals surface area contributed by atoms with Gasteiger partial charge in [-0.3, -0.25) is 4.79 Å². The maximum atomic E-state index is 13.1. The predicted octanol–water partition coefficient (Wildman–Crippen LogP) is 5.13. The van der Waals surface area contributed by atoms with E-state index in [9.17, 15) is 14.0 Å². The monoisotopic (exact) mass is 421 g/mol. The van der Waals surface area contributed by atoms with Gasteiger partial charge in [0.15, 0.2) is 6.10 Å². The van der Waals surface area contributed by atoms with Crippen molar-refractivity contribution in [3.8, 4) is 5.75 Å². The molecule has 160 valence electrons. The molecule has 0 saturated carbocycles. The molecule has 5 nitrogen and oxygen atoms in total. The quantitative estimate of drug-likeness (QED) is 0.537. The molecule has 0 radical (unpaired) electrons. The summed E-state index contributed by atoms with van der Waals surface area (Å²) in [6.07, 6.45) is -2.15. The number of hydrogen-bond acceptors (Lipinski definition) is 4. The summed E-state index contributed by atoms with van der Waals surface area (Å²) in [5.41, 5.74) is 3.07. The Kier molecular flexibility index (Phi) is 7.03. The maximum Gasteiger partial charge on any atom is 0.348 e. The van der Waals surface area contributed by atoms with Gasteiger partial charge in [0, 0.05) is 11.3 Å². The lowest BCUT2D eigenvalue weighted by atomic mass is 10.1. The minimum atomic E-state index is -1.16. The number of nitrogens with one attached hydrogen (secondary N) is 1. The Labute approximate surface area is 180 Å². The number of aryl methyl sites for hydroxylation is 2. The van der Waals surface area contributed by atoms with Crippen molar-refractivity contribution in [1.82, 2.24) is 0 Å². The highest BCUT2D eigenvalue weighted by atomic mass is 19.1. The maximum absolute atomic E-state index is 13.1. The van der Waals surface area contributed by atoms with Crippen molar-refractivity contribution in [2.45, 2.75) is 33.0 Å². The lowest BCUT2D eigenvalue weighted by Crippen LogP contribution is -2.32. The molecule has 0 aliphatic rings. The summed E-state index contributed by atoms with van der Waals surface area (Å²) in [5.74, 6) is -1.27. The fourth-order valence-electron chi connectivity index (χ4n) is 2.95. The van der Waals surface area contributed by atoms with E-state index in [0.29, 0.717) is 17.0 Å². The molecule has 3 aromatic carbocycles. The van der Waals surface area contributed by atoms with Crippen LogP contribution in [0.2, 0.25) is 0 Å². The first-order valence-corrected chi connectivity index (χ1v) is 9.89. The number of esters is 1. The molecule has 0 fully saturated rings. The molecule has 0 aromatic heterocycles. The molecule has 0 saturated heterocycles. The number of amides is 1. The van der Waals surface area contributed by atoms with E-state index in [4.69, 9.17) is 9.47 Å². The van der Waals surface area contributed by atoms with Gasteiger partial charge in [0.25, 0.3) is 5.91 Å². The Balaban J connectivity index is 1.77. The summed E-state index contributed by atoms with van der Waals surface area (Å²) < 4.78 is 24.1. The van der Waals surface area contributed by atoms with E-state index >= 15 is 0 Å². The first-order valence-electron chi connectivity index (χ1n) is 9.89. The van der Waals surface area contributed by atoms with Crippen molar-refractivity contribution in [3.05, 3.63) is 95.3 Å². The first-order chi connectivity index (χ1) is 14.8. The van der Waals surface area contributed by atoms with Crippen LogP contribution in [0.3, 0.4) is 0 Å². The van der Waals surface area contributed by atoms with Crippen LogP contribution >= 0.6 is 0 Å². The van der Waals surface area contributed by atoms with Crippen LogP contribution in [0.25, 0.3) is 0 Å². The van der Waals surface area contributed by atoms with Crippen molar-refractivity contribution >= 4 is 17.6 Å². The van der Waals surface area contributed by atoms with Crippen LogP contribution in [0.15, 0.2) is 72.8 Å². The molecule has 3 aromatic rings. The largest absolute Gasteiger partial charge is 0.479 e. The van der Waals surface area contributed by atoms with E-state index in [1.165, 1.54) is 31.2 Å². The molecule has 1 N–H and O–H groups in total. The topological polar surface area (TPSA) is 64.6 Å². The summed E-state index contributed by atoms with van der Waals surface area (Å²) in [6, 6.07) is 19.8. The number of benzene rings is 3. The van der Waals surface area contributed by atoms with Gasteiger partial charge in [-0.05, 0) is 62.2 Å². The third-order valence-electron chi connectivity index (χ3n) is 4.68. The average Bonchev–Trinajstić information content (AvgIpc) is 2.76. The summed E-state index contributed by atoms with van der Waals surface area (Å²) in [5, 5.41) is 2.85. The van der Waals surface area contributed by atoms with Crippen LogP contribution in [0.1, 0.15) is 29.7 Å². The van der Waals surface area contributed by atoms with Gasteiger partial charge >= 0.3 is 5.97 Å². The molecule has 0 unspecified atom stereocenters. The molecule has 2 atom stereocenters. The minimum Gasteiger partial charge on any atom is -0.479 e. The van der Waals surface area contributed by atoms with Crippen LogP contribution in [0, 0.1) is 19.7 Å². The van der Waals surface area contributed by atoms with Gasteiger partial charge in [0.2, 0.25) is 6.10 Å². The summed E-state index contributed by atoms with van der Waals surface area (Å²) in [6.45, 7) is 5.33. The Hall–Kier alpha value is -3.67. The summed E-state index contributed by atoms with van der Waals surface area (Å²) >= 11 is 0. The highest BCUT2D eigenvalue weighted by Gasteiger charge is 2.28. The molecule has 6 heteroatoms. The number of ether oxygens (including phenoxy) is 2. The third kappa shape index (κ3) is 5.92. The number of hydrogen-bond donors (Lipinski definition) is 1. The molecule has 0 spiro atoms. The molecule has 3 rings (SSSR count). The fraction of sp³-hybridized carbons (Fsp3) is 0.200. The van der Waals surface area contributed by atoms with Gasteiger partial charge in [-0.25, -0.2) is 9.18 Å². The second-order valence-electron chi connectivity index (χ2n) is 7.25. The fourth-order valence-corrected chi connectivity index (χ4v) is 2.95. The normalized spacial score (nSPS) is 12.5. The third-order valence-corrected chi connectivity index (χ3v) is 4.68. The summed E-state index contributed by atoms with van der Waals surface area (Å²) in [4.78, 5) is 25.7. The Bertz CT molecular complexity index is 1050. The Morgan fingerprint density at radius 1 is 0.935 bits per heavy atom. The van der Waals surface area contributed by atoms with Crippen molar-refractivity contribution in [1.29, 1.82) is 0 Å². The minimum absolute atomic E-state index is 0.321. The van der Waals surface area contributed by atoms with Crippen molar-refractivity contribution in [2.24, 2.45) is 0 Å². The Morgan fingerprint density at radius 3 is 2.29 bits per heavy atom. The molecular weight excluding hydrogens is 397 g/mol. The number of carbonyl (C=O) groups is 2. The van der Waals surface area contributed by atoms with Gasteiger partial charge in [0.05, 0.1) is 0 Å². The zero-order chi connectivity index (χ0) is 22.4. The zero-order valence-electron chi connectivity index (χ0n) is 17.6. The number of carbonyl (C=O) groups excluding carboxylic acids is 2. The van der Waals surface area contributed by atoms with E-state index in [1.54, 1.807) is 24.3 Å². The van der Waals surface area contributed by atoms with Crippen LogP contribution < -0.4 is 10.1 Å². The lowest BCUT2D eigenvalue weighted by molar-refractivity contribution is -0.161. The predicted molar refractivity (Wildman–Crippen MR) is 116 cm³/mol. The van der Waals surface area contributed by atoms with Crippen LogP contribution in [-0.4, -0.2) is 18.0 Å². The molecule has 0 aliphatic carbocycles. The van der Waals surface area contributed by atoms with E-state index in [1.807, 2.05) is 38.1 Å². The lowest BCUT2D eigenvalue weighted by Gasteiger charge is -2.21. The highest BCUT2D eigenvalue weighted by Crippen LogP contribution is 2.24. The van der Waals surface area contributed by atoms with E-state index < -0.39 is 29.9 Å².